The standard InChI is InChI=1S/C20H24O3Si/c1-2-20(21)22-14-9-15-24-23-16-19(17-10-5-3-6-11-17)18-12-7-4-8-13-18/h2-8,10-13,19H,1,9,14-16,24H2. The molecule has 0 saturated carbocycles. The first-order valence-electron chi connectivity index (χ1n) is 8.28. The third-order valence-corrected chi connectivity index (χ3v) is 5.10. The van der Waals surface area contributed by atoms with Crippen molar-refractivity contribution in [1.82, 2.24) is 0 Å². The fourth-order valence-electron chi connectivity index (χ4n) is 2.49. The first kappa shape index (κ1) is 18.2. The van der Waals surface area contributed by atoms with E-state index in [0.29, 0.717) is 13.2 Å². The van der Waals surface area contributed by atoms with Crippen LogP contribution in [0.5, 0.6) is 0 Å². The molecule has 2 rings (SSSR count). The lowest BCUT2D eigenvalue weighted by molar-refractivity contribution is -0.137. The highest BCUT2D eigenvalue weighted by molar-refractivity contribution is 6.27. The molecule has 0 radical (unpaired) electrons. The minimum absolute atomic E-state index is 0.262. The molecule has 0 aliphatic rings. The maximum atomic E-state index is 10.9. The van der Waals surface area contributed by atoms with Gasteiger partial charge in [-0.15, -0.1) is 0 Å². The predicted octanol–water partition coefficient (Wildman–Crippen LogP) is 3.46. The third kappa shape index (κ3) is 6.14. The smallest absolute Gasteiger partial charge is 0.330 e. The Morgan fingerprint density at radius 3 is 2.17 bits per heavy atom. The van der Waals surface area contributed by atoms with Crippen molar-refractivity contribution < 1.29 is 14.0 Å². The average Bonchev–Trinajstić information content (AvgIpc) is 2.65. The quantitative estimate of drug-likeness (QED) is 0.288. The summed E-state index contributed by atoms with van der Waals surface area (Å²) in [5.74, 6) is -0.0932. The molecule has 0 aromatic heterocycles. The monoisotopic (exact) mass is 340 g/mol. The summed E-state index contributed by atoms with van der Waals surface area (Å²) in [6.07, 6.45) is 2.05. The highest BCUT2D eigenvalue weighted by Gasteiger charge is 2.13. The zero-order valence-electron chi connectivity index (χ0n) is 13.9. The largest absolute Gasteiger partial charge is 0.463 e. The highest BCUT2D eigenvalue weighted by atomic mass is 28.2. The topological polar surface area (TPSA) is 35.5 Å². The van der Waals surface area contributed by atoms with E-state index in [-0.39, 0.29) is 11.9 Å². The van der Waals surface area contributed by atoms with Gasteiger partial charge in [-0.1, -0.05) is 67.2 Å². The second-order valence-corrected chi connectivity index (χ2v) is 7.05. The van der Waals surface area contributed by atoms with Crippen molar-refractivity contribution in [3.8, 4) is 0 Å². The molecule has 0 N–H and O–H groups in total. The van der Waals surface area contributed by atoms with E-state index in [2.05, 4.69) is 55.1 Å². The first-order valence-corrected chi connectivity index (χ1v) is 9.86. The summed E-state index contributed by atoms with van der Waals surface area (Å²) in [6, 6.07) is 21.9. The fourth-order valence-corrected chi connectivity index (χ4v) is 3.51. The van der Waals surface area contributed by atoms with E-state index in [4.69, 9.17) is 9.16 Å². The van der Waals surface area contributed by atoms with Crippen LogP contribution in [-0.2, 0) is 14.0 Å². The van der Waals surface area contributed by atoms with Crippen molar-refractivity contribution in [2.75, 3.05) is 13.2 Å². The van der Waals surface area contributed by atoms with Gasteiger partial charge in [-0.25, -0.2) is 4.79 Å². The summed E-state index contributed by atoms with van der Waals surface area (Å²) >= 11 is 0. The van der Waals surface area contributed by atoms with E-state index in [0.717, 1.165) is 12.5 Å². The Bertz CT molecular complexity index is 574. The highest BCUT2D eigenvalue weighted by Crippen LogP contribution is 2.24. The van der Waals surface area contributed by atoms with Gasteiger partial charge in [0.15, 0.2) is 9.76 Å². The summed E-state index contributed by atoms with van der Waals surface area (Å²) in [6.45, 7) is 4.52. The molecule has 2 aromatic rings. The Hall–Kier alpha value is -2.17. The van der Waals surface area contributed by atoms with Crippen molar-refractivity contribution in [1.29, 1.82) is 0 Å². The van der Waals surface area contributed by atoms with Crippen LogP contribution in [0.1, 0.15) is 23.5 Å². The van der Waals surface area contributed by atoms with Crippen LogP contribution in [0.4, 0.5) is 0 Å². The van der Waals surface area contributed by atoms with Crippen molar-refractivity contribution >= 4 is 15.7 Å². The average molecular weight is 340 g/mol. The van der Waals surface area contributed by atoms with Crippen molar-refractivity contribution in [3.63, 3.8) is 0 Å². The van der Waals surface area contributed by atoms with Gasteiger partial charge in [-0.05, 0) is 23.6 Å². The van der Waals surface area contributed by atoms with Crippen molar-refractivity contribution in [2.24, 2.45) is 0 Å². The molecular formula is C20H24O3Si. The number of benzene rings is 2. The number of carbonyl (C=O) groups is 1. The second-order valence-electron chi connectivity index (χ2n) is 5.53. The second kappa shape index (κ2) is 10.6. The molecule has 0 spiro atoms. The van der Waals surface area contributed by atoms with Crippen LogP contribution in [0.15, 0.2) is 73.3 Å². The normalized spacial score (nSPS) is 11.0. The Morgan fingerprint density at radius 1 is 1.04 bits per heavy atom. The zero-order valence-corrected chi connectivity index (χ0v) is 15.3. The lowest BCUT2D eigenvalue weighted by Crippen LogP contribution is -2.12. The molecular weight excluding hydrogens is 316 g/mol. The number of hydrogen-bond donors (Lipinski definition) is 0. The number of carbonyl (C=O) groups excluding carboxylic acids is 1. The molecule has 2 aromatic carbocycles. The van der Waals surface area contributed by atoms with Crippen LogP contribution in [0.25, 0.3) is 0 Å². The Kier molecular flexibility index (Phi) is 8.00. The molecule has 24 heavy (non-hydrogen) atoms. The van der Waals surface area contributed by atoms with Gasteiger partial charge in [0.1, 0.15) is 0 Å². The Balaban J connectivity index is 1.80. The minimum atomic E-state index is -0.610. The van der Waals surface area contributed by atoms with Gasteiger partial charge in [0.05, 0.1) is 6.61 Å². The van der Waals surface area contributed by atoms with E-state index in [1.807, 2.05) is 12.1 Å². The van der Waals surface area contributed by atoms with Crippen molar-refractivity contribution in [3.05, 3.63) is 84.4 Å². The van der Waals surface area contributed by atoms with E-state index in [9.17, 15) is 4.79 Å². The molecule has 0 fully saturated rings. The van der Waals surface area contributed by atoms with Crippen LogP contribution in [0.3, 0.4) is 0 Å². The molecule has 0 aliphatic carbocycles. The molecule has 3 nitrogen and oxygen atoms in total. The van der Waals surface area contributed by atoms with Gasteiger partial charge in [-0.2, -0.15) is 0 Å². The van der Waals surface area contributed by atoms with Gasteiger partial charge in [-0.3, -0.25) is 0 Å². The van der Waals surface area contributed by atoms with E-state index in [1.54, 1.807) is 0 Å². The molecule has 0 saturated heterocycles. The SMILES string of the molecule is C=CC(=O)OCCC[SiH2]OCC(c1ccccc1)c1ccccc1. The van der Waals surface area contributed by atoms with Crippen LogP contribution in [0, 0.1) is 0 Å². The number of hydrogen-bond acceptors (Lipinski definition) is 3. The molecule has 0 aliphatic heterocycles. The molecule has 4 heteroatoms. The van der Waals surface area contributed by atoms with Crippen LogP contribution in [-0.4, -0.2) is 28.9 Å². The van der Waals surface area contributed by atoms with Crippen LogP contribution in [0.2, 0.25) is 6.04 Å². The first-order chi connectivity index (χ1) is 11.8. The molecule has 0 heterocycles. The van der Waals surface area contributed by atoms with E-state index in [1.165, 1.54) is 17.2 Å². The minimum Gasteiger partial charge on any atom is -0.463 e. The zero-order chi connectivity index (χ0) is 17.0. The Morgan fingerprint density at radius 2 is 1.62 bits per heavy atom. The fraction of sp³-hybridized carbons (Fsp3) is 0.250. The van der Waals surface area contributed by atoms with Gasteiger partial charge >= 0.3 is 5.97 Å². The lowest BCUT2D eigenvalue weighted by atomic mass is 9.92. The molecule has 0 atom stereocenters. The maximum Gasteiger partial charge on any atom is 0.330 e. The number of rotatable bonds is 10. The molecule has 0 amide bonds. The van der Waals surface area contributed by atoms with Gasteiger partial charge in [0.25, 0.3) is 0 Å². The molecule has 0 unspecified atom stereocenters. The number of ether oxygens (including phenoxy) is 1. The summed E-state index contributed by atoms with van der Waals surface area (Å²) in [4.78, 5) is 10.9. The van der Waals surface area contributed by atoms with Crippen LogP contribution < -0.4 is 0 Å². The Labute approximate surface area is 146 Å². The summed E-state index contributed by atoms with van der Waals surface area (Å²) in [5.41, 5.74) is 2.55. The summed E-state index contributed by atoms with van der Waals surface area (Å²) < 4.78 is 11.0. The van der Waals surface area contributed by atoms with E-state index >= 15 is 0 Å². The summed E-state index contributed by atoms with van der Waals surface area (Å²) in [5, 5.41) is 0. The molecule has 0 bridgehead atoms. The number of esters is 1. The maximum absolute atomic E-state index is 10.9. The van der Waals surface area contributed by atoms with Crippen LogP contribution >= 0.6 is 0 Å². The van der Waals surface area contributed by atoms with E-state index < -0.39 is 9.76 Å². The van der Waals surface area contributed by atoms with Gasteiger partial charge in [0, 0.05) is 18.6 Å². The predicted molar refractivity (Wildman–Crippen MR) is 99.8 cm³/mol. The summed E-state index contributed by atoms with van der Waals surface area (Å²) in [7, 11) is -0.610. The lowest BCUT2D eigenvalue weighted by Gasteiger charge is -2.18. The third-order valence-electron chi connectivity index (χ3n) is 3.78. The molecule has 126 valence electrons. The van der Waals surface area contributed by atoms with Gasteiger partial charge in [0.2, 0.25) is 0 Å². The van der Waals surface area contributed by atoms with Crippen molar-refractivity contribution in [2.45, 2.75) is 18.4 Å². The van der Waals surface area contributed by atoms with Gasteiger partial charge < -0.3 is 9.16 Å².